The summed E-state index contributed by atoms with van der Waals surface area (Å²) in [5.74, 6) is 4.92. The first kappa shape index (κ1) is 16.2. The van der Waals surface area contributed by atoms with Crippen LogP contribution in [0.1, 0.15) is 28.1 Å². The fourth-order valence-electron chi connectivity index (χ4n) is 1.53. The van der Waals surface area contributed by atoms with E-state index in [2.05, 4.69) is 16.6 Å². The maximum atomic E-state index is 12.1. The van der Waals surface area contributed by atoms with Crippen LogP contribution in [0.4, 0.5) is 0 Å². The van der Waals surface area contributed by atoms with E-state index in [4.69, 9.17) is 5.11 Å². The normalized spacial score (nSPS) is 9.55. The van der Waals surface area contributed by atoms with Gasteiger partial charge in [0.25, 0.3) is 5.91 Å². The molecule has 0 saturated heterocycles. The molecular weight excluding hydrogens is 278 g/mol. The lowest BCUT2D eigenvalue weighted by Gasteiger charge is -2.15. The number of hydrogen-bond donors (Lipinski definition) is 1. The molecule has 0 aliphatic carbocycles. The highest BCUT2D eigenvalue weighted by Gasteiger charge is 2.13. The van der Waals surface area contributed by atoms with Crippen LogP contribution in [0.25, 0.3) is 0 Å². The molecule has 6 heteroatoms. The van der Waals surface area contributed by atoms with Crippen LogP contribution in [0.5, 0.6) is 0 Å². The van der Waals surface area contributed by atoms with E-state index in [1.807, 2.05) is 0 Å². The Balaban J connectivity index is 2.52. The van der Waals surface area contributed by atoms with Gasteiger partial charge in [0.1, 0.15) is 6.61 Å². The van der Waals surface area contributed by atoms with Crippen molar-refractivity contribution in [3.05, 3.63) is 21.9 Å². The number of amides is 1. The van der Waals surface area contributed by atoms with Gasteiger partial charge in [-0.2, -0.15) is 0 Å². The zero-order chi connectivity index (χ0) is 15.0. The van der Waals surface area contributed by atoms with Crippen molar-refractivity contribution >= 4 is 23.2 Å². The van der Waals surface area contributed by atoms with Gasteiger partial charge in [0.2, 0.25) is 0 Å². The predicted octanol–water partition coefficient (Wildman–Crippen LogP) is 1.12. The molecule has 0 fully saturated rings. The van der Waals surface area contributed by atoms with Gasteiger partial charge in [-0.1, -0.05) is 11.8 Å². The first-order valence-electron chi connectivity index (χ1n) is 6.09. The maximum absolute atomic E-state index is 12.1. The van der Waals surface area contributed by atoms with E-state index >= 15 is 0 Å². The minimum atomic E-state index is -0.275. The van der Waals surface area contributed by atoms with Gasteiger partial charge >= 0.3 is 5.97 Å². The molecule has 0 radical (unpaired) electrons. The largest absolute Gasteiger partial charge is 0.469 e. The number of esters is 1. The second-order valence-electron chi connectivity index (χ2n) is 4.07. The Morgan fingerprint density at radius 2 is 2.25 bits per heavy atom. The molecule has 5 nitrogen and oxygen atoms in total. The number of aliphatic hydroxyl groups excluding tert-OH is 1. The molecule has 0 spiro atoms. The molecule has 1 N–H and O–H groups in total. The zero-order valence-electron chi connectivity index (χ0n) is 11.5. The number of hydrogen-bond acceptors (Lipinski definition) is 5. The van der Waals surface area contributed by atoms with Gasteiger partial charge < -0.3 is 14.7 Å². The number of methoxy groups -OCH3 is 1. The summed E-state index contributed by atoms with van der Waals surface area (Å²) in [5.41, 5.74) is 0.567. The van der Waals surface area contributed by atoms with Gasteiger partial charge in [0.05, 0.1) is 17.6 Å². The van der Waals surface area contributed by atoms with Gasteiger partial charge in [-0.15, -0.1) is 11.3 Å². The van der Waals surface area contributed by atoms with E-state index in [0.29, 0.717) is 24.9 Å². The minimum Gasteiger partial charge on any atom is -0.469 e. The molecule has 1 heterocycles. The van der Waals surface area contributed by atoms with Crippen molar-refractivity contribution in [2.75, 3.05) is 27.3 Å². The Morgan fingerprint density at radius 3 is 2.90 bits per heavy atom. The third-order valence-electron chi connectivity index (χ3n) is 2.59. The number of nitrogens with zero attached hydrogens (tertiary/aromatic N) is 1. The molecule has 0 unspecified atom stereocenters. The maximum Gasteiger partial charge on any atom is 0.305 e. The Labute approximate surface area is 122 Å². The summed E-state index contributed by atoms with van der Waals surface area (Å²) >= 11 is 1.36. The van der Waals surface area contributed by atoms with Crippen molar-refractivity contribution in [3.63, 3.8) is 0 Å². The standard InChI is InChI=1S/C14H17NO4S/c1-15(7-3-6-13(17)19-2)14(18)11-9-12(20-10-11)5-4-8-16/h9-10,16H,3,6-8H2,1-2H3. The molecule has 1 aromatic heterocycles. The summed E-state index contributed by atoms with van der Waals surface area (Å²) in [6, 6.07) is 1.70. The fourth-order valence-corrected chi connectivity index (χ4v) is 2.27. The third kappa shape index (κ3) is 5.03. The number of aliphatic hydroxyl groups is 1. The molecule has 0 aliphatic rings. The number of carbonyl (C=O) groups is 2. The molecule has 0 bridgehead atoms. The van der Waals surface area contributed by atoms with Crippen LogP contribution in [-0.4, -0.2) is 49.2 Å². The molecule has 0 atom stereocenters. The van der Waals surface area contributed by atoms with Crippen LogP contribution in [0, 0.1) is 11.8 Å². The van der Waals surface area contributed by atoms with Crippen LogP contribution in [0.2, 0.25) is 0 Å². The molecule has 1 aromatic rings. The summed E-state index contributed by atoms with van der Waals surface area (Å²) in [7, 11) is 3.04. The van der Waals surface area contributed by atoms with E-state index in [1.54, 1.807) is 23.4 Å². The Kier molecular flexibility index (Phi) is 6.77. The quantitative estimate of drug-likeness (QED) is 0.653. The molecule has 0 aromatic carbocycles. The van der Waals surface area contributed by atoms with E-state index in [1.165, 1.54) is 18.4 Å². The van der Waals surface area contributed by atoms with Crippen molar-refractivity contribution in [2.45, 2.75) is 12.8 Å². The van der Waals surface area contributed by atoms with Crippen LogP contribution in [-0.2, 0) is 9.53 Å². The summed E-state index contributed by atoms with van der Waals surface area (Å²) in [4.78, 5) is 25.4. The van der Waals surface area contributed by atoms with Gasteiger partial charge in [-0.3, -0.25) is 9.59 Å². The predicted molar refractivity (Wildman–Crippen MR) is 76.5 cm³/mol. The number of ether oxygens (including phenoxy) is 1. The van der Waals surface area contributed by atoms with Gasteiger partial charge in [0, 0.05) is 25.4 Å². The smallest absolute Gasteiger partial charge is 0.305 e. The second-order valence-corrected chi connectivity index (χ2v) is 4.98. The van der Waals surface area contributed by atoms with Crippen LogP contribution in [0.15, 0.2) is 11.4 Å². The van der Waals surface area contributed by atoms with Crippen molar-refractivity contribution in [1.29, 1.82) is 0 Å². The summed E-state index contributed by atoms with van der Waals surface area (Å²) in [6.07, 6.45) is 0.862. The number of rotatable bonds is 5. The number of thiophene rings is 1. The molecule has 1 amide bonds. The lowest BCUT2D eigenvalue weighted by atomic mass is 10.2. The van der Waals surface area contributed by atoms with Crippen molar-refractivity contribution in [2.24, 2.45) is 0 Å². The van der Waals surface area contributed by atoms with Crippen molar-refractivity contribution in [3.8, 4) is 11.8 Å². The van der Waals surface area contributed by atoms with E-state index in [-0.39, 0.29) is 18.5 Å². The topological polar surface area (TPSA) is 66.8 Å². The highest BCUT2D eigenvalue weighted by Crippen LogP contribution is 2.15. The van der Waals surface area contributed by atoms with E-state index in [0.717, 1.165) is 4.88 Å². The van der Waals surface area contributed by atoms with Crippen LogP contribution < -0.4 is 0 Å². The van der Waals surface area contributed by atoms with Crippen molar-refractivity contribution in [1.82, 2.24) is 4.90 Å². The second kappa shape index (κ2) is 8.35. The number of carbonyl (C=O) groups excluding carboxylic acids is 2. The molecular formula is C14H17NO4S. The van der Waals surface area contributed by atoms with E-state index in [9.17, 15) is 9.59 Å². The Bertz CT molecular complexity index is 527. The molecule has 1 rings (SSSR count). The van der Waals surface area contributed by atoms with Crippen LogP contribution in [0.3, 0.4) is 0 Å². The fraction of sp³-hybridized carbons (Fsp3) is 0.429. The van der Waals surface area contributed by atoms with Crippen molar-refractivity contribution < 1.29 is 19.4 Å². The average Bonchev–Trinajstić information content (AvgIpc) is 2.92. The first-order valence-corrected chi connectivity index (χ1v) is 6.97. The van der Waals surface area contributed by atoms with Crippen LogP contribution >= 0.6 is 11.3 Å². The molecule has 0 saturated carbocycles. The zero-order valence-corrected chi connectivity index (χ0v) is 12.3. The van der Waals surface area contributed by atoms with Gasteiger partial charge in [-0.25, -0.2) is 0 Å². The molecule has 20 heavy (non-hydrogen) atoms. The monoisotopic (exact) mass is 295 g/mol. The minimum absolute atomic E-state index is 0.108. The van der Waals surface area contributed by atoms with Gasteiger partial charge in [-0.05, 0) is 12.5 Å². The average molecular weight is 295 g/mol. The molecule has 108 valence electrons. The molecule has 0 aliphatic heterocycles. The lowest BCUT2D eigenvalue weighted by Crippen LogP contribution is -2.27. The summed E-state index contributed by atoms with van der Waals surface area (Å²) in [5, 5.41) is 10.3. The highest BCUT2D eigenvalue weighted by atomic mass is 32.1. The SMILES string of the molecule is COC(=O)CCCN(C)C(=O)c1csc(C#CCO)c1. The Hall–Kier alpha value is -1.84. The lowest BCUT2D eigenvalue weighted by molar-refractivity contribution is -0.140. The van der Waals surface area contributed by atoms with Gasteiger partial charge in [0.15, 0.2) is 0 Å². The summed E-state index contributed by atoms with van der Waals surface area (Å²) in [6.45, 7) is 0.288. The first-order chi connectivity index (χ1) is 9.58. The van der Waals surface area contributed by atoms with E-state index < -0.39 is 0 Å². The third-order valence-corrected chi connectivity index (χ3v) is 3.43. The summed E-state index contributed by atoms with van der Waals surface area (Å²) < 4.78 is 4.54. The highest BCUT2D eigenvalue weighted by molar-refractivity contribution is 7.10. The Morgan fingerprint density at radius 1 is 1.50 bits per heavy atom.